The van der Waals surface area contributed by atoms with E-state index < -0.39 is 17.8 Å². The van der Waals surface area contributed by atoms with Gasteiger partial charge in [0.05, 0.1) is 16.7 Å². The molecular formula is C11H5ClNO4-. The Morgan fingerprint density at radius 3 is 2.24 bits per heavy atom. The summed E-state index contributed by atoms with van der Waals surface area (Å²) in [7, 11) is 0. The number of carbonyl (C=O) groups excluding carboxylic acids is 3. The fourth-order valence-electron chi connectivity index (χ4n) is 1.45. The second-order valence-electron chi connectivity index (χ2n) is 3.30. The van der Waals surface area contributed by atoms with Crippen LogP contribution in [0, 0.1) is 0 Å². The predicted octanol–water partition coefficient (Wildman–Crippen LogP) is 0.133. The van der Waals surface area contributed by atoms with Crippen LogP contribution in [0.2, 0.25) is 5.02 Å². The van der Waals surface area contributed by atoms with E-state index >= 15 is 0 Å². The number of carbonyl (C=O) groups is 3. The zero-order chi connectivity index (χ0) is 12.6. The average Bonchev–Trinajstić information content (AvgIpc) is 2.59. The van der Waals surface area contributed by atoms with E-state index in [1.807, 2.05) is 0 Å². The van der Waals surface area contributed by atoms with Crippen molar-refractivity contribution in [1.82, 2.24) is 0 Å². The summed E-state index contributed by atoms with van der Waals surface area (Å²) < 4.78 is 0. The normalized spacial score (nSPS) is 14.5. The number of imide groups is 1. The van der Waals surface area contributed by atoms with Gasteiger partial charge >= 0.3 is 0 Å². The van der Waals surface area contributed by atoms with Gasteiger partial charge in [0.25, 0.3) is 11.8 Å². The van der Waals surface area contributed by atoms with Gasteiger partial charge in [-0.3, -0.25) is 9.59 Å². The molecule has 2 amide bonds. The molecule has 0 unspecified atom stereocenters. The molecule has 0 N–H and O–H groups in total. The van der Waals surface area contributed by atoms with E-state index in [0.717, 1.165) is 23.1 Å². The van der Waals surface area contributed by atoms with Gasteiger partial charge in [0.15, 0.2) is 0 Å². The van der Waals surface area contributed by atoms with E-state index in [1.165, 1.54) is 12.1 Å². The van der Waals surface area contributed by atoms with Crippen molar-refractivity contribution in [3.8, 4) is 0 Å². The predicted molar refractivity (Wildman–Crippen MR) is 57.4 cm³/mol. The lowest BCUT2D eigenvalue weighted by molar-refractivity contribution is -0.255. The van der Waals surface area contributed by atoms with Gasteiger partial charge in [0.1, 0.15) is 0 Å². The molecule has 86 valence electrons. The van der Waals surface area contributed by atoms with Crippen LogP contribution < -0.4 is 10.0 Å². The van der Waals surface area contributed by atoms with Crippen LogP contribution >= 0.6 is 11.6 Å². The van der Waals surface area contributed by atoms with Crippen LogP contribution in [0.4, 0.5) is 5.69 Å². The first-order chi connectivity index (χ1) is 8.00. The number of amides is 2. The van der Waals surface area contributed by atoms with Gasteiger partial charge in [-0.2, -0.15) is 0 Å². The number of hydrogen-bond donors (Lipinski definition) is 0. The fraction of sp³-hybridized carbons (Fsp3) is 0. The molecule has 0 aliphatic carbocycles. The third-order valence-electron chi connectivity index (χ3n) is 2.23. The van der Waals surface area contributed by atoms with Gasteiger partial charge in [-0.15, -0.1) is 0 Å². The number of benzene rings is 1. The highest BCUT2D eigenvalue weighted by atomic mass is 35.5. The van der Waals surface area contributed by atoms with Crippen molar-refractivity contribution in [3.05, 3.63) is 40.9 Å². The molecule has 1 aromatic carbocycles. The van der Waals surface area contributed by atoms with Crippen LogP contribution in [0.25, 0.3) is 0 Å². The van der Waals surface area contributed by atoms with Crippen LogP contribution in [-0.4, -0.2) is 17.8 Å². The summed E-state index contributed by atoms with van der Waals surface area (Å²) in [6.07, 6.45) is 2.23. The Balaban J connectivity index is 2.44. The maximum Gasteiger partial charge on any atom is 0.258 e. The van der Waals surface area contributed by atoms with Crippen molar-refractivity contribution < 1.29 is 19.5 Å². The molecule has 1 heterocycles. The van der Waals surface area contributed by atoms with Crippen LogP contribution in [0.5, 0.6) is 0 Å². The number of anilines is 1. The first-order valence-corrected chi connectivity index (χ1v) is 4.95. The first-order valence-electron chi connectivity index (χ1n) is 4.58. The Labute approximate surface area is 101 Å². The molecule has 6 heteroatoms. The average molecular weight is 251 g/mol. The minimum Gasteiger partial charge on any atom is -0.545 e. The summed E-state index contributed by atoms with van der Waals surface area (Å²) >= 11 is 5.82. The summed E-state index contributed by atoms with van der Waals surface area (Å²) in [6, 6.07) is 3.64. The highest BCUT2D eigenvalue weighted by Gasteiger charge is 2.26. The number of aromatic carboxylic acids is 1. The zero-order valence-electron chi connectivity index (χ0n) is 8.34. The standard InChI is InChI=1S/C11H6ClNO4/c12-7-5-6(11(16)17)1-2-8(7)13-9(14)3-4-10(13)15/h1-5H,(H,16,17)/p-1. The third kappa shape index (κ3) is 1.92. The Morgan fingerprint density at radius 2 is 1.76 bits per heavy atom. The molecule has 5 nitrogen and oxygen atoms in total. The van der Waals surface area contributed by atoms with Crippen molar-refractivity contribution in [3.63, 3.8) is 0 Å². The van der Waals surface area contributed by atoms with Gasteiger partial charge in [0, 0.05) is 12.2 Å². The van der Waals surface area contributed by atoms with Crippen molar-refractivity contribution in [2.75, 3.05) is 4.90 Å². The van der Waals surface area contributed by atoms with Crippen molar-refractivity contribution in [2.45, 2.75) is 0 Å². The molecule has 0 spiro atoms. The third-order valence-corrected chi connectivity index (χ3v) is 2.54. The van der Waals surface area contributed by atoms with E-state index in [9.17, 15) is 19.5 Å². The smallest absolute Gasteiger partial charge is 0.258 e. The highest BCUT2D eigenvalue weighted by molar-refractivity contribution is 6.37. The van der Waals surface area contributed by atoms with Gasteiger partial charge in [-0.1, -0.05) is 17.7 Å². The fourth-order valence-corrected chi connectivity index (χ4v) is 1.72. The van der Waals surface area contributed by atoms with E-state index in [4.69, 9.17) is 11.6 Å². The summed E-state index contributed by atoms with van der Waals surface area (Å²) in [5.41, 5.74) is 0.0301. The molecule has 0 radical (unpaired) electrons. The number of rotatable bonds is 2. The number of carboxylic acids is 1. The molecule has 1 aromatic rings. The Hall–Kier alpha value is -2.14. The number of hydrogen-bond acceptors (Lipinski definition) is 4. The van der Waals surface area contributed by atoms with E-state index in [1.54, 1.807) is 0 Å². The van der Waals surface area contributed by atoms with Gasteiger partial charge < -0.3 is 9.90 Å². The van der Waals surface area contributed by atoms with Crippen LogP contribution in [-0.2, 0) is 9.59 Å². The molecule has 0 atom stereocenters. The van der Waals surface area contributed by atoms with Crippen LogP contribution in [0.15, 0.2) is 30.4 Å². The monoisotopic (exact) mass is 250 g/mol. The quantitative estimate of drug-likeness (QED) is 0.699. The summed E-state index contributed by atoms with van der Waals surface area (Å²) in [6.45, 7) is 0. The van der Waals surface area contributed by atoms with Gasteiger partial charge in [-0.05, 0) is 17.7 Å². The number of nitrogens with zero attached hydrogens (tertiary/aromatic N) is 1. The van der Waals surface area contributed by atoms with Crippen molar-refractivity contribution >= 4 is 35.1 Å². The molecular weight excluding hydrogens is 246 g/mol. The molecule has 2 rings (SSSR count). The summed E-state index contributed by atoms with van der Waals surface area (Å²) in [5, 5.41) is 10.6. The van der Waals surface area contributed by atoms with E-state index in [2.05, 4.69) is 0 Å². The minimum absolute atomic E-state index is 0.00269. The molecule has 17 heavy (non-hydrogen) atoms. The lowest BCUT2D eigenvalue weighted by Crippen LogP contribution is -2.30. The number of halogens is 1. The highest BCUT2D eigenvalue weighted by Crippen LogP contribution is 2.28. The molecule has 0 saturated carbocycles. The minimum atomic E-state index is -1.38. The van der Waals surface area contributed by atoms with E-state index in [-0.39, 0.29) is 16.3 Å². The maximum absolute atomic E-state index is 11.4. The lowest BCUT2D eigenvalue weighted by Gasteiger charge is -2.16. The molecule has 0 bridgehead atoms. The molecule has 0 saturated heterocycles. The van der Waals surface area contributed by atoms with Crippen molar-refractivity contribution in [1.29, 1.82) is 0 Å². The lowest BCUT2D eigenvalue weighted by atomic mass is 10.2. The zero-order valence-corrected chi connectivity index (χ0v) is 9.10. The molecule has 0 fully saturated rings. The first kappa shape index (κ1) is 11.3. The van der Waals surface area contributed by atoms with E-state index in [0.29, 0.717) is 0 Å². The SMILES string of the molecule is O=C([O-])c1ccc(N2C(=O)C=CC2=O)c(Cl)c1. The van der Waals surface area contributed by atoms with Crippen molar-refractivity contribution in [2.24, 2.45) is 0 Å². The summed E-state index contributed by atoms with van der Waals surface area (Å²) in [4.78, 5) is 34.2. The second kappa shape index (κ2) is 4.03. The topological polar surface area (TPSA) is 77.5 Å². The van der Waals surface area contributed by atoms with Crippen LogP contribution in [0.3, 0.4) is 0 Å². The number of carboxylic acid groups (broad SMARTS) is 1. The Bertz CT molecular complexity index is 547. The van der Waals surface area contributed by atoms with Gasteiger partial charge in [0.2, 0.25) is 0 Å². The second-order valence-corrected chi connectivity index (χ2v) is 3.71. The molecule has 1 aliphatic rings. The Morgan fingerprint density at radius 1 is 1.18 bits per heavy atom. The Kier molecular flexibility index (Phi) is 2.69. The van der Waals surface area contributed by atoms with Crippen LogP contribution in [0.1, 0.15) is 10.4 Å². The molecule has 1 aliphatic heterocycles. The maximum atomic E-state index is 11.4. The molecule has 0 aromatic heterocycles. The summed E-state index contributed by atoms with van der Waals surface area (Å²) in [5.74, 6) is -2.41. The largest absolute Gasteiger partial charge is 0.545 e. The van der Waals surface area contributed by atoms with Gasteiger partial charge in [-0.25, -0.2) is 4.90 Å².